The van der Waals surface area contributed by atoms with Crippen LogP contribution in [-0.2, 0) is 0 Å². The van der Waals surface area contributed by atoms with Crippen LogP contribution < -0.4 is 0 Å². The highest BCUT2D eigenvalue weighted by molar-refractivity contribution is 6.40. The monoisotopic (exact) mass is 250 g/mol. The van der Waals surface area contributed by atoms with E-state index in [1.54, 1.807) is 0 Å². The van der Waals surface area contributed by atoms with Crippen LogP contribution in [0.15, 0.2) is 12.1 Å². The average molecular weight is 251 g/mol. The average Bonchev–Trinajstić information content (AvgIpc) is 2.08. The second kappa shape index (κ2) is 3.50. The van der Waals surface area contributed by atoms with Gasteiger partial charge in [-0.25, -0.2) is 14.4 Å². The Morgan fingerprint density at radius 1 is 1.00 bits per heavy atom. The molecule has 0 aliphatic rings. The van der Waals surface area contributed by atoms with Crippen LogP contribution in [0, 0.1) is 5.82 Å². The third-order valence-corrected chi connectivity index (χ3v) is 2.45. The van der Waals surface area contributed by atoms with Gasteiger partial charge in [0.15, 0.2) is 16.1 Å². The third kappa shape index (κ3) is 1.63. The van der Waals surface area contributed by atoms with E-state index in [1.807, 2.05) is 0 Å². The highest BCUT2D eigenvalue weighted by Crippen LogP contribution is 2.25. The van der Waals surface area contributed by atoms with Gasteiger partial charge in [0.1, 0.15) is 5.52 Å². The maximum absolute atomic E-state index is 13.3. The highest BCUT2D eigenvalue weighted by Gasteiger charge is 2.09. The molecule has 0 spiro atoms. The Morgan fingerprint density at radius 2 is 1.64 bits per heavy atom. The summed E-state index contributed by atoms with van der Waals surface area (Å²) in [6.07, 6.45) is 0. The van der Waals surface area contributed by atoms with Crippen molar-refractivity contribution in [2.45, 2.75) is 0 Å². The molecule has 14 heavy (non-hydrogen) atoms. The molecule has 0 saturated heterocycles. The zero-order valence-corrected chi connectivity index (χ0v) is 8.83. The lowest BCUT2D eigenvalue weighted by Crippen LogP contribution is -1.90. The number of hydrogen-bond acceptors (Lipinski definition) is 2. The van der Waals surface area contributed by atoms with E-state index in [-0.39, 0.29) is 26.4 Å². The van der Waals surface area contributed by atoms with Crippen LogP contribution >= 0.6 is 34.8 Å². The van der Waals surface area contributed by atoms with Gasteiger partial charge < -0.3 is 0 Å². The van der Waals surface area contributed by atoms with Gasteiger partial charge in [0.25, 0.3) is 0 Å². The molecule has 0 saturated carbocycles. The van der Waals surface area contributed by atoms with Crippen molar-refractivity contribution < 1.29 is 4.39 Å². The van der Waals surface area contributed by atoms with Crippen LogP contribution in [-0.4, -0.2) is 9.97 Å². The predicted octanol–water partition coefficient (Wildman–Crippen LogP) is 3.73. The second-order valence-corrected chi connectivity index (χ2v) is 3.71. The van der Waals surface area contributed by atoms with Crippen molar-refractivity contribution in [2.24, 2.45) is 0 Å². The molecule has 0 N–H and O–H groups in total. The Hall–Kier alpha value is -0.640. The number of hydrogen-bond donors (Lipinski definition) is 0. The number of fused-ring (bicyclic) bond motifs is 1. The van der Waals surface area contributed by atoms with Gasteiger partial charge in [0.05, 0.1) is 5.52 Å². The minimum atomic E-state index is -0.571. The normalized spacial score (nSPS) is 10.9. The van der Waals surface area contributed by atoms with E-state index in [4.69, 9.17) is 34.8 Å². The first-order chi connectivity index (χ1) is 6.58. The zero-order chi connectivity index (χ0) is 10.3. The van der Waals surface area contributed by atoms with Gasteiger partial charge in [-0.15, -0.1) is 0 Å². The molecule has 0 fully saturated rings. The number of benzene rings is 1. The zero-order valence-electron chi connectivity index (χ0n) is 6.56. The first-order valence-corrected chi connectivity index (χ1v) is 4.69. The summed E-state index contributed by atoms with van der Waals surface area (Å²) >= 11 is 16.8. The van der Waals surface area contributed by atoms with Crippen molar-refractivity contribution >= 4 is 45.8 Å². The molecule has 0 unspecified atom stereocenters. The number of rotatable bonds is 0. The summed E-state index contributed by atoms with van der Waals surface area (Å²) in [6.45, 7) is 0. The van der Waals surface area contributed by atoms with E-state index < -0.39 is 5.82 Å². The fourth-order valence-electron chi connectivity index (χ4n) is 1.04. The van der Waals surface area contributed by atoms with Gasteiger partial charge in [-0.1, -0.05) is 34.8 Å². The fourth-order valence-corrected chi connectivity index (χ4v) is 1.50. The van der Waals surface area contributed by atoms with Crippen LogP contribution in [0.4, 0.5) is 4.39 Å². The minimum absolute atomic E-state index is 0.0274. The Morgan fingerprint density at radius 3 is 2.36 bits per heavy atom. The van der Waals surface area contributed by atoms with E-state index in [2.05, 4.69) is 9.97 Å². The van der Waals surface area contributed by atoms with E-state index in [1.165, 1.54) is 6.07 Å². The quantitative estimate of drug-likeness (QED) is 0.713. The van der Waals surface area contributed by atoms with Crippen LogP contribution in [0.3, 0.4) is 0 Å². The molecule has 1 aromatic heterocycles. The summed E-state index contributed by atoms with van der Waals surface area (Å²) in [7, 11) is 0. The van der Waals surface area contributed by atoms with Crippen molar-refractivity contribution in [1.29, 1.82) is 0 Å². The lowest BCUT2D eigenvalue weighted by Gasteiger charge is -2.00. The molecular weight excluding hydrogens is 249 g/mol. The summed E-state index contributed by atoms with van der Waals surface area (Å²) < 4.78 is 13.3. The van der Waals surface area contributed by atoms with Gasteiger partial charge in [0.2, 0.25) is 0 Å². The fraction of sp³-hybridized carbons (Fsp3) is 0. The SMILES string of the molecule is Fc1cc(Cl)cc2nc(Cl)c(Cl)nc12. The Bertz CT molecular complexity index is 515. The van der Waals surface area contributed by atoms with Gasteiger partial charge in [-0.05, 0) is 12.1 Å². The van der Waals surface area contributed by atoms with Crippen molar-refractivity contribution in [3.05, 3.63) is 33.3 Å². The van der Waals surface area contributed by atoms with Crippen molar-refractivity contribution in [2.75, 3.05) is 0 Å². The molecule has 0 bridgehead atoms. The summed E-state index contributed by atoms with van der Waals surface area (Å²) in [5, 5.41) is 0.240. The Labute approximate surface area is 93.6 Å². The Balaban J connectivity index is 2.89. The standard InChI is InChI=1S/C8H2Cl3FN2/c9-3-1-4(12)6-5(2-3)13-7(10)8(11)14-6/h1-2H. The minimum Gasteiger partial charge on any atom is -0.231 e. The molecule has 0 aliphatic heterocycles. The van der Waals surface area contributed by atoms with Crippen LogP contribution in [0.25, 0.3) is 11.0 Å². The van der Waals surface area contributed by atoms with Crippen molar-refractivity contribution in [1.82, 2.24) is 9.97 Å². The summed E-state index contributed by atoms with van der Waals surface area (Å²) in [6, 6.07) is 2.61. The molecule has 2 nitrogen and oxygen atoms in total. The lowest BCUT2D eigenvalue weighted by atomic mass is 10.3. The number of nitrogens with zero attached hydrogens (tertiary/aromatic N) is 2. The summed E-state index contributed by atoms with van der Waals surface area (Å²) in [5.41, 5.74) is 0.341. The summed E-state index contributed by atoms with van der Waals surface area (Å²) in [4.78, 5) is 7.60. The van der Waals surface area contributed by atoms with Crippen LogP contribution in [0.1, 0.15) is 0 Å². The van der Waals surface area contributed by atoms with Crippen LogP contribution in [0.2, 0.25) is 15.3 Å². The molecule has 0 amide bonds. The molecular formula is C8H2Cl3FN2. The van der Waals surface area contributed by atoms with Gasteiger partial charge >= 0.3 is 0 Å². The van der Waals surface area contributed by atoms with Gasteiger partial charge in [-0.2, -0.15) is 0 Å². The topological polar surface area (TPSA) is 25.8 Å². The number of halogens is 4. The third-order valence-electron chi connectivity index (χ3n) is 1.61. The van der Waals surface area contributed by atoms with Gasteiger partial charge in [-0.3, -0.25) is 0 Å². The van der Waals surface area contributed by atoms with Gasteiger partial charge in [0, 0.05) is 5.02 Å². The molecule has 0 aliphatic carbocycles. The van der Waals surface area contributed by atoms with E-state index in [0.29, 0.717) is 0 Å². The molecule has 72 valence electrons. The van der Waals surface area contributed by atoms with E-state index in [0.717, 1.165) is 6.07 Å². The molecule has 0 atom stereocenters. The molecule has 1 aromatic carbocycles. The first-order valence-electron chi connectivity index (χ1n) is 3.56. The van der Waals surface area contributed by atoms with E-state index in [9.17, 15) is 4.39 Å². The molecule has 6 heteroatoms. The molecule has 1 heterocycles. The first kappa shape index (κ1) is 9.90. The highest BCUT2D eigenvalue weighted by atomic mass is 35.5. The molecule has 2 rings (SSSR count). The van der Waals surface area contributed by atoms with Crippen molar-refractivity contribution in [3.63, 3.8) is 0 Å². The maximum Gasteiger partial charge on any atom is 0.167 e. The van der Waals surface area contributed by atoms with Crippen LogP contribution in [0.5, 0.6) is 0 Å². The maximum atomic E-state index is 13.3. The summed E-state index contributed by atoms with van der Waals surface area (Å²) in [5.74, 6) is -0.571. The smallest absolute Gasteiger partial charge is 0.167 e. The van der Waals surface area contributed by atoms with Crippen molar-refractivity contribution in [3.8, 4) is 0 Å². The largest absolute Gasteiger partial charge is 0.231 e. The molecule has 0 radical (unpaired) electrons. The number of aromatic nitrogens is 2. The lowest BCUT2D eigenvalue weighted by molar-refractivity contribution is 0.636. The Kier molecular flexibility index (Phi) is 2.47. The van der Waals surface area contributed by atoms with E-state index >= 15 is 0 Å². The molecule has 2 aromatic rings. The second-order valence-electron chi connectivity index (χ2n) is 2.56. The predicted molar refractivity (Wildman–Crippen MR) is 54.5 cm³/mol.